The van der Waals surface area contributed by atoms with Crippen LogP contribution in [0.5, 0.6) is 0 Å². The summed E-state index contributed by atoms with van der Waals surface area (Å²) in [7, 11) is 1.88. The third kappa shape index (κ3) is 2.94. The first-order valence-electron chi connectivity index (χ1n) is 7.66. The van der Waals surface area contributed by atoms with Crippen molar-refractivity contribution in [3.05, 3.63) is 28.5 Å². The average molecular weight is 337 g/mol. The summed E-state index contributed by atoms with van der Waals surface area (Å²) in [6.45, 7) is 6.04. The summed E-state index contributed by atoms with van der Waals surface area (Å²) >= 11 is 6.36. The molecule has 0 aliphatic carbocycles. The molecule has 23 heavy (non-hydrogen) atoms. The van der Waals surface area contributed by atoms with Crippen LogP contribution in [0.3, 0.4) is 0 Å². The molecule has 0 amide bonds. The molecule has 3 heterocycles. The van der Waals surface area contributed by atoms with E-state index in [0.717, 1.165) is 29.2 Å². The van der Waals surface area contributed by atoms with Gasteiger partial charge in [-0.25, -0.2) is 4.98 Å². The lowest BCUT2D eigenvalue weighted by molar-refractivity contribution is 0.0985. The summed E-state index contributed by atoms with van der Waals surface area (Å²) < 4.78 is 7.29. The topological polar surface area (TPSA) is 63.4 Å². The molecule has 1 aliphatic heterocycles. The molecule has 2 aromatic heterocycles. The average Bonchev–Trinajstić information content (AvgIpc) is 2.86. The highest BCUT2D eigenvalue weighted by Crippen LogP contribution is 2.34. The van der Waals surface area contributed by atoms with Gasteiger partial charge in [-0.2, -0.15) is 5.10 Å². The quantitative estimate of drug-likeness (QED) is 0.870. The first-order chi connectivity index (χ1) is 11.0. The van der Waals surface area contributed by atoms with Gasteiger partial charge in [-0.1, -0.05) is 11.6 Å². The summed E-state index contributed by atoms with van der Waals surface area (Å²) in [5.41, 5.74) is 3.48. The van der Waals surface area contributed by atoms with E-state index >= 15 is 0 Å². The fraction of sp³-hybridized carbons (Fsp3) is 0.500. The molecule has 0 spiro atoms. The van der Waals surface area contributed by atoms with Gasteiger partial charge >= 0.3 is 0 Å². The van der Waals surface area contributed by atoms with Crippen LogP contribution in [0.15, 0.2) is 12.3 Å². The van der Waals surface area contributed by atoms with Crippen molar-refractivity contribution in [3.63, 3.8) is 0 Å². The third-order valence-electron chi connectivity index (χ3n) is 4.26. The predicted octanol–water partition coefficient (Wildman–Crippen LogP) is 2.16. The zero-order chi connectivity index (χ0) is 16.6. The second-order valence-electron chi connectivity index (χ2n) is 5.87. The van der Waals surface area contributed by atoms with Gasteiger partial charge < -0.3 is 14.7 Å². The lowest BCUT2D eigenvalue weighted by Crippen LogP contribution is -2.44. The molecular formula is C16H21ClN4O2. The number of hydrogen-bond donors (Lipinski definition) is 1. The number of aliphatic hydroxyl groups excluding tert-OH is 1. The molecule has 3 rings (SSSR count). The lowest BCUT2D eigenvalue weighted by Gasteiger charge is -2.34. The van der Waals surface area contributed by atoms with Crippen LogP contribution in [0.25, 0.3) is 11.3 Å². The Hall–Kier alpha value is -1.63. The fourth-order valence-corrected chi connectivity index (χ4v) is 3.29. The summed E-state index contributed by atoms with van der Waals surface area (Å²) in [5, 5.41) is 14.4. The van der Waals surface area contributed by atoms with Crippen molar-refractivity contribution < 1.29 is 9.84 Å². The molecule has 7 heteroatoms. The molecule has 1 saturated heterocycles. The van der Waals surface area contributed by atoms with E-state index in [1.807, 2.05) is 26.2 Å². The summed E-state index contributed by atoms with van der Waals surface area (Å²) in [6.07, 6.45) is 1.81. The minimum absolute atomic E-state index is 0.162. The van der Waals surface area contributed by atoms with Crippen molar-refractivity contribution in [1.82, 2.24) is 14.8 Å². The van der Waals surface area contributed by atoms with Crippen molar-refractivity contribution in [3.8, 4) is 11.3 Å². The number of anilines is 1. The second kappa shape index (κ2) is 6.47. The van der Waals surface area contributed by atoms with E-state index in [-0.39, 0.29) is 12.6 Å². The molecule has 0 aromatic carbocycles. The molecule has 0 radical (unpaired) electrons. The molecule has 6 nitrogen and oxygen atoms in total. The van der Waals surface area contributed by atoms with E-state index in [9.17, 15) is 5.11 Å². The Kier molecular flexibility index (Phi) is 4.57. The SMILES string of the molecule is Cc1cnn(C)c1-c1cc(N2CCOCC2C)nc(Cl)c1CO. The third-order valence-corrected chi connectivity index (χ3v) is 4.57. The summed E-state index contributed by atoms with van der Waals surface area (Å²) in [5.74, 6) is 0.804. The van der Waals surface area contributed by atoms with Crippen LogP contribution in [0.1, 0.15) is 18.1 Å². The van der Waals surface area contributed by atoms with Gasteiger partial charge in [0.25, 0.3) is 0 Å². The molecule has 0 saturated carbocycles. The number of morpholine rings is 1. The molecule has 0 bridgehead atoms. The Morgan fingerprint density at radius 1 is 1.48 bits per heavy atom. The monoisotopic (exact) mass is 336 g/mol. The number of nitrogens with zero attached hydrogens (tertiary/aromatic N) is 4. The molecule has 124 valence electrons. The van der Waals surface area contributed by atoms with E-state index in [1.54, 1.807) is 4.68 Å². The van der Waals surface area contributed by atoms with Crippen LogP contribution in [0, 0.1) is 6.92 Å². The second-order valence-corrected chi connectivity index (χ2v) is 6.23. The number of hydrogen-bond acceptors (Lipinski definition) is 5. The van der Waals surface area contributed by atoms with Crippen LogP contribution >= 0.6 is 11.6 Å². The number of halogens is 1. The van der Waals surface area contributed by atoms with E-state index < -0.39 is 0 Å². The maximum atomic E-state index is 9.75. The van der Waals surface area contributed by atoms with Crippen LogP contribution in [0.4, 0.5) is 5.82 Å². The van der Waals surface area contributed by atoms with Gasteiger partial charge in [0.2, 0.25) is 0 Å². The normalized spacial score (nSPS) is 18.5. The number of rotatable bonds is 3. The minimum Gasteiger partial charge on any atom is -0.392 e. The predicted molar refractivity (Wildman–Crippen MR) is 89.7 cm³/mol. The number of aromatic nitrogens is 3. The Balaban J connectivity index is 2.14. The molecular weight excluding hydrogens is 316 g/mol. The van der Waals surface area contributed by atoms with Gasteiger partial charge in [0.1, 0.15) is 11.0 Å². The van der Waals surface area contributed by atoms with Gasteiger partial charge in [0.05, 0.1) is 37.8 Å². The largest absolute Gasteiger partial charge is 0.392 e. The Labute approximate surface area is 140 Å². The smallest absolute Gasteiger partial charge is 0.137 e. The van der Waals surface area contributed by atoms with Crippen LogP contribution in [-0.2, 0) is 18.4 Å². The first-order valence-corrected chi connectivity index (χ1v) is 8.04. The Morgan fingerprint density at radius 2 is 2.26 bits per heavy atom. The number of pyridine rings is 1. The first kappa shape index (κ1) is 16.2. The van der Waals surface area contributed by atoms with Crippen LogP contribution < -0.4 is 4.90 Å². The maximum Gasteiger partial charge on any atom is 0.137 e. The molecule has 1 atom stereocenters. The number of aryl methyl sites for hydroxylation is 2. The van der Waals surface area contributed by atoms with Crippen molar-refractivity contribution in [2.24, 2.45) is 7.05 Å². The van der Waals surface area contributed by atoms with Crippen molar-refractivity contribution in [2.75, 3.05) is 24.7 Å². The molecule has 1 unspecified atom stereocenters. The highest BCUT2D eigenvalue weighted by molar-refractivity contribution is 6.30. The highest BCUT2D eigenvalue weighted by atomic mass is 35.5. The van der Waals surface area contributed by atoms with E-state index in [2.05, 4.69) is 21.9 Å². The summed E-state index contributed by atoms with van der Waals surface area (Å²) in [6, 6.07) is 2.22. The van der Waals surface area contributed by atoms with Crippen molar-refractivity contribution >= 4 is 17.4 Å². The number of ether oxygens (including phenoxy) is 1. The molecule has 1 fully saturated rings. The van der Waals surface area contributed by atoms with E-state index in [1.165, 1.54) is 0 Å². The van der Waals surface area contributed by atoms with Gasteiger partial charge in [-0.3, -0.25) is 4.68 Å². The molecule has 1 aliphatic rings. The maximum absolute atomic E-state index is 9.75. The van der Waals surface area contributed by atoms with Crippen LogP contribution in [-0.4, -0.2) is 45.7 Å². The molecule has 1 N–H and O–H groups in total. The van der Waals surface area contributed by atoms with Gasteiger partial charge in [0, 0.05) is 24.7 Å². The zero-order valence-corrected chi connectivity index (χ0v) is 14.3. The van der Waals surface area contributed by atoms with Gasteiger partial charge in [0.15, 0.2) is 0 Å². The Morgan fingerprint density at radius 3 is 2.87 bits per heavy atom. The van der Waals surface area contributed by atoms with Crippen molar-refractivity contribution in [2.45, 2.75) is 26.5 Å². The van der Waals surface area contributed by atoms with Gasteiger partial charge in [-0.15, -0.1) is 0 Å². The van der Waals surface area contributed by atoms with E-state index in [4.69, 9.17) is 16.3 Å². The van der Waals surface area contributed by atoms with Crippen LogP contribution in [0.2, 0.25) is 5.15 Å². The van der Waals surface area contributed by atoms with Gasteiger partial charge in [-0.05, 0) is 25.5 Å². The highest BCUT2D eigenvalue weighted by Gasteiger charge is 2.24. The summed E-state index contributed by atoms with van der Waals surface area (Å²) in [4.78, 5) is 6.68. The fourth-order valence-electron chi connectivity index (χ4n) is 3.04. The number of aliphatic hydroxyl groups is 1. The Bertz CT molecular complexity index is 697. The molecule has 2 aromatic rings. The minimum atomic E-state index is -0.162. The lowest BCUT2D eigenvalue weighted by atomic mass is 10.0. The van der Waals surface area contributed by atoms with Crippen molar-refractivity contribution in [1.29, 1.82) is 0 Å². The zero-order valence-electron chi connectivity index (χ0n) is 13.6. The van der Waals surface area contributed by atoms with E-state index in [0.29, 0.717) is 23.9 Å². The standard InChI is InChI=1S/C16H21ClN4O2/c1-10-7-18-20(3)15(10)12-6-14(19-16(17)13(12)8-22)21-4-5-23-9-11(21)2/h6-7,11,22H,4-5,8-9H2,1-3H3.